The summed E-state index contributed by atoms with van der Waals surface area (Å²) >= 11 is 0. The molecule has 1 N–H and O–H groups in total. The first-order valence-corrected chi connectivity index (χ1v) is 6.82. The smallest absolute Gasteiger partial charge is 0.248 e. The van der Waals surface area contributed by atoms with Crippen molar-refractivity contribution in [1.82, 2.24) is 5.32 Å². The first-order chi connectivity index (χ1) is 9.66. The molecule has 2 aromatic carbocycles. The van der Waals surface area contributed by atoms with E-state index >= 15 is 0 Å². The summed E-state index contributed by atoms with van der Waals surface area (Å²) in [5, 5.41) is 3.30. The van der Waals surface area contributed by atoms with E-state index in [1.807, 2.05) is 56.4 Å². The predicted molar refractivity (Wildman–Crippen MR) is 80.6 cm³/mol. The highest BCUT2D eigenvalue weighted by Gasteiger charge is 2.30. The van der Waals surface area contributed by atoms with Gasteiger partial charge in [-0.15, -0.1) is 0 Å². The fraction of sp³-hybridized carbons (Fsp3) is 0.235. The lowest BCUT2D eigenvalue weighted by atomic mass is 10.0. The number of hydrogen-bond donors (Lipinski definition) is 1. The quantitative estimate of drug-likeness (QED) is 0.906. The molecule has 1 aliphatic heterocycles. The molecule has 0 saturated heterocycles. The fourth-order valence-electron chi connectivity index (χ4n) is 2.68. The topological polar surface area (TPSA) is 32.3 Å². The monoisotopic (exact) mass is 266 g/mol. The number of nitrogens with zero attached hydrogens (tertiary/aromatic N) is 1. The van der Waals surface area contributed by atoms with Gasteiger partial charge in [0.25, 0.3) is 0 Å². The number of hydrogen-bond acceptors (Lipinski definition) is 2. The maximum absolute atomic E-state index is 12.7. The lowest BCUT2D eigenvalue weighted by molar-refractivity contribution is -0.120. The van der Waals surface area contributed by atoms with Gasteiger partial charge in [-0.1, -0.05) is 36.4 Å². The zero-order valence-electron chi connectivity index (χ0n) is 11.8. The van der Waals surface area contributed by atoms with Crippen LogP contribution in [0.25, 0.3) is 0 Å². The third kappa shape index (κ3) is 2.21. The first kappa shape index (κ1) is 12.9. The molecule has 0 aliphatic carbocycles. The van der Waals surface area contributed by atoms with E-state index < -0.39 is 0 Å². The largest absolute Gasteiger partial charge is 0.314 e. The van der Waals surface area contributed by atoms with Gasteiger partial charge in [0, 0.05) is 19.3 Å². The zero-order chi connectivity index (χ0) is 14.1. The number of aryl methyl sites for hydroxylation is 1. The molecule has 2 aromatic rings. The van der Waals surface area contributed by atoms with Gasteiger partial charge in [-0.25, -0.2) is 0 Å². The summed E-state index contributed by atoms with van der Waals surface area (Å²) < 4.78 is 0. The first-order valence-electron chi connectivity index (χ1n) is 6.82. The molecule has 0 fully saturated rings. The minimum atomic E-state index is -0.239. The summed E-state index contributed by atoms with van der Waals surface area (Å²) in [6, 6.07) is 15.9. The van der Waals surface area contributed by atoms with Crippen molar-refractivity contribution in [1.29, 1.82) is 0 Å². The van der Waals surface area contributed by atoms with Crippen molar-refractivity contribution >= 4 is 11.6 Å². The highest BCUT2D eigenvalue weighted by Crippen LogP contribution is 2.28. The second-order valence-electron chi connectivity index (χ2n) is 5.25. The van der Waals surface area contributed by atoms with Crippen molar-refractivity contribution in [2.75, 3.05) is 11.9 Å². The summed E-state index contributed by atoms with van der Waals surface area (Å²) in [7, 11) is 1.83. The molecular formula is C17H18N2O. The van der Waals surface area contributed by atoms with Crippen LogP contribution >= 0.6 is 0 Å². The molecule has 0 bridgehead atoms. The van der Waals surface area contributed by atoms with E-state index in [1.165, 1.54) is 5.56 Å². The molecule has 0 saturated carbocycles. The molecule has 0 spiro atoms. The number of rotatable bonds is 2. The number of benzene rings is 2. The van der Waals surface area contributed by atoms with Crippen LogP contribution in [0.5, 0.6) is 0 Å². The third-order valence-electron chi connectivity index (χ3n) is 3.83. The molecule has 3 nitrogen and oxygen atoms in total. The van der Waals surface area contributed by atoms with Crippen LogP contribution in [0.1, 0.15) is 22.7 Å². The number of carbonyl (C=O) groups is 1. The average Bonchev–Trinajstić information content (AvgIpc) is 2.89. The molecule has 102 valence electrons. The molecule has 3 heteroatoms. The number of anilines is 1. The number of fused-ring (bicyclic) bond motifs is 1. The molecule has 0 radical (unpaired) electrons. The Labute approximate surface area is 119 Å². The van der Waals surface area contributed by atoms with E-state index in [1.54, 1.807) is 4.90 Å². The maximum atomic E-state index is 12.7. The van der Waals surface area contributed by atoms with Crippen LogP contribution in [0.15, 0.2) is 48.5 Å². The van der Waals surface area contributed by atoms with Gasteiger partial charge in [0.2, 0.25) is 5.91 Å². The number of amides is 1. The fourth-order valence-corrected chi connectivity index (χ4v) is 2.68. The molecule has 1 heterocycles. The number of carbonyl (C=O) groups excluding carboxylic acids is 1. The summed E-state index contributed by atoms with van der Waals surface area (Å²) in [5.74, 6) is 0.0838. The van der Waals surface area contributed by atoms with Crippen molar-refractivity contribution in [2.45, 2.75) is 19.5 Å². The molecule has 3 rings (SSSR count). The van der Waals surface area contributed by atoms with Crippen molar-refractivity contribution in [3.05, 3.63) is 65.2 Å². The Morgan fingerprint density at radius 2 is 2.00 bits per heavy atom. The van der Waals surface area contributed by atoms with Gasteiger partial charge >= 0.3 is 0 Å². The van der Waals surface area contributed by atoms with Crippen molar-refractivity contribution < 1.29 is 4.79 Å². The van der Waals surface area contributed by atoms with Crippen molar-refractivity contribution in [3.8, 4) is 0 Å². The van der Waals surface area contributed by atoms with E-state index in [-0.39, 0.29) is 11.9 Å². The molecule has 0 unspecified atom stereocenters. The van der Waals surface area contributed by atoms with Crippen LogP contribution in [0, 0.1) is 6.92 Å². The maximum Gasteiger partial charge on any atom is 0.248 e. The summed E-state index contributed by atoms with van der Waals surface area (Å²) in [5.41, 5.74) is 4.39. The normalized spacial score (nSPS) is 16.8. The molecule has 20 heavy (non-hydrogen) atoms. The Bertz CT molecular complexity index is 651. The number of nitrogens with one attached hydrogen (secondary N) is 1. The van der Waals surface area contributed by atoms with Gasteiger partial charge < -0.3 is 4.90 Å². The Balaban J connectivity index is 1.87. The predicted octanol–water partition coefficient (Wildman–Crippen LogP) is 2.80. The molecule has 1 aliphatic rings. The third-order valence-corrected chi connectivity index (χ3v) is 3.83. The van der Waals surface area contributed by atoms with Crippen LogP contribution in [0.3, 0.4) is 0 Å². The minimum Gasteiger partial charge on any atom is -0.314 e. The van der Waals surface area contributed by atoms with Gasteiger partial charge in [-0.05, 0) is 35.7 Å². The molecule has 1 amide bonds. The van der Waals surface area contributed by atoms with E-state index in [4.69, 9.17) is 0 Å². The Kier molecular flexibility index (Phi) is 3.28. The van der Waals surface area contributed by atoms with Gasteiger partial charge in [-0.2, -0.15) is 0 Å². The van der Waals surface area contributed by atoms with E-state index in [0.717, 1.165) is 23.4 Å². The minimum absolute atomic E-state index is 0.0838. The lowest BCUT2D eigenvalue weighted by Crippen LogP contribution is -2.35. The second-order valence-corrected chi connectivity index (χ2v) is 5.25. The summed E-state index contributed by atoms with van der Waals surface area (Å²) in [6.07, 6.45) is 0. The number of likely N-dealkylation sites (N-methyl/N-ethyl adjacent to an activating group) is 1. The average molecular weight is 266 g/mol. The van der Waals surface area contributed by atoms with Crippen LogP contribution in [0.4, 0.5) is 5.69 Å². The highest BCUT2D eigenvalue weighted by atomic mass is 16.2. The van der Waals surface area contributed by atoms with Crippen molar-refractivity contribution in [2.24, 2.45) is 0 Å². The van der Waals surface area contributed by atoms with Gasteiger partial charge in [0.1, 0.15) is 6.04 Å². The summed E-state index contributed by atoms with van der Waals surface area (Å²) in [6.45, 7) is 2.79. The second kappa shape index (κ2) is 5.10. The summed E-state index contributed by atoms with van der Waals surface area (Å²) in [4.78, 5) is 14.4. The van der Waals surface area contributed by atoms with Crippen LogP contribution in [0.2, 0.25) is 0 Å². The molecule has 0 aromatic heterocycles. The van der Waals surface area contributed by atoms with Crippen molar-refractivity contribution in [3.63, 3.8) is 0 Å². The molecule has 1 atom stereocenters. The van der Waals surface area contributed by atoms with E-state index in [9.17, 15) is 4.79 Å². The van der Waals surface area contributed by atoms with Crippen LogP contribution in [-0.2, 0) is 11.3 Å². The highest BCUT2D eigenvalue weighted by molar-refractivity contribution is 5.98. The molecular weight excluding hydrogens is 248 g/mol. The Morgan fingerprint density at radius 3 is 2.80 bits per heavy atom. The van der Waals surface area contributed by atoms with E-state index in [0.29, 0.717) is 0 Å². The van der Waals surface area contributed by atoms with Gasteiger partial charge in [0.05, 0.1) is 0 Å². The standard InChI is InChI=1S/C17H18N2O/c1-12-6-5-8-14(10-12)19(2)17(20)16-15-9-4-3-7-13(15)11-18-16/h3-10,16,18H,11H2,1-2H3/t16-/m0/s1. The Hall–Kier alpha value is -2.13. The van der Waals surface area contributed by atoms with E-state index in [2.05, 4.69) is 11.4 Å². The van der Waals surface area contributed by atoms with Crippen LogP contribution < -0.4 is 10.2 Å². The van der Waals surface area contributed by atoms with Gasteiger partial charge in [-0.3, -0.25) is 10.1 Å². The Morgan fingerprint density at radius 1 is 1.20 bits per heavy atom. The van der Waals surface area contributed by atoms with Gasteiger partial charge in [0.15, 0.2) is 0 Å². The lowest BCUT2D eigenvalue weighted by Gasteiger charge is -2.22. The zero-order valence-corrected chi connectivity index (χ0v) is 11.8. The van der Waals surface area contributed by atoms with Crippen LogP contribution in [-0.4, -0.2) is 13.0 Å². The SMILES string of the molecule is Cc1cccc(N(C)C(=O)[C@H]2NCc3ccccc32)c1.